The molecule has 1 aromatic rings. The maximum Gasteiger partial charge on any atom is 0.130 e. The van der Waals surface area contributed by atoms with Gasteiger partial charge in [0.15, 0.2) is 0 Å². The third-order valence-corrected chi connectivity index (χ3v) is 4.52. The third-order valence-electron chi connectivity index (χ3n) is 4.52. The second-order valence-corrected chi connectivity index (χ2v) is 5.81. The summed E-state index contributed by atoms with van der Waals surface area (Å²) in [6.07, 6.45) is 5.88. The first-order valence-electron chi connectivity index (χ1n) is 7.30. The van der Waals surface area contributed by atoms with Gasteiger partial charge in [0.25, 0.3) is 0 Å². The van der Waals surface area contributed by atoms with E-state index >= 15 is 0 Å². The van der Waals surface area contributed by atoms with Gasteiger partial charge in [-0.2, -0.15) is 0 Å². The van der Waals surface area contributed by atoms with Crippen LogP contribution < -0.4 is 4.74 Å². The summed E-state index contributed by atoms with van der Waals surface area (Å²) in [5.74, 6) is 2.42. The van der Waals surface area contributed by atoms with E-state index in [1.54, 1.807) is 7.11 Å². The smallest absolute Gasteiger partial charge is 0.130 e. The van der Waals surface area contributed by atoms with E-state index in [0.29, 0.717) is 12.0 Å². The molecule has 1 saturated carbocycles. The molecule has 1 aliphatic carbocycles. The third kappa shape index (κ3) is 3.17. The number of aliphatic imine (C=N–C) groups is 1. The molecule has 0 radical (unpaired) electrons. The zero-order valence-electron chi connectivity index (χ0n) is 12.5. The highest BCUT2D eigenvalue weighted by atomic mass is 16.5. The van der Waals surface area contributed by atoms with Crippen LogP contribution in [-0.4, -0.2) is 19.4 Å². The number of para-hydroxylation sites is 1. The van der Waals surface area contributed by atoms with Crippen molar-refractivity contribution in [2.75, 3.05) is 7.11 Å². The lowest BCUT2D eigenvalue weighted by molar-refractivity contribution is 0.242. The monoisotopic (exact) mass is 259 g/mol. The fourth-order valence-corrected chi connectivity index (χ4v) is 3.00. The molecule has 2 heteroatoms. The number of methoxy groups -OCH3 is 1. The predicted molar refractivity (Wildman–Crippen MR) is 81.3 cm³/mol. The second kappa shape index (κ2) is 6.23. The van der Waals surface area contributed by atoms with Gasteiger partial charge in [0.1, 0.15) is 5.75 Å². The van der Waals surface area contributed by atoms with Gasteiger partial charge < -0.3 is 4.74 Å². The average molecular weight is 259 g/mol. The number of ether oxygens (including phenoxy) is 1. The molecule has 3 atom stereocenters. The minimum absolute atomic E-state index is 0.467. The van der Waals surface area contributed by atoms with E-state index in [9.17, 15) is 0 Å². The molecular formula is C17H25NO. The average Bonchev–Trinajstić information content (AvgIpc) is 2.40. The van der Waals surface area contributed by atoms with Crippen LogP contribution in [0, 0.1) is 18.8 Å². The van der Waals surface area contributed by atoms with Crippen LogP contribution in [0.5, 0.6) is 5.75 Å². The Balaban J connectivity index is 2.16. The van der Waals surface area contributed by atoms with Crippen molar-refractivity contribution in [2.24, 2.45) is 16.8 Å². The Morgan fingerprint density at radius 2 is 2.05 bits per heavy atom. The van der Waals surface area contributed by atoms with Crippen LogP contribution in [-0.2, 0) is 0 Å². The first kappa shape index (κ1) is 14.1. The highest BCUT2D eigenvalue weighted by molar-refractivity contribution is 5.84. The maximum atomic E-state index is 5.47. The number of hydrogen-bond donors (Lipinski definition) is 0. The molecule has 0 spiro atoms. The predicted octanol–water partition coefficient (Wildman–Crippen LogP) is 4.25. The van der Waals surface area contributed by atoms with E-state index in [0.717, 1.165) is 22.8 Å². The van der Waals surface area contributed by atoms with Gasteiger partial charge in [-0.25, -0.2) is 0 Å². The standard InChI is InChI=1S/C17H25NO/c1-12-7-6-10-16(14(12)3)18-11-15-9-5-8-13(2)17(15)19-4/h5,8-9,11-12,14,16H,6-7,10H2,1-4H3. The van der Waals surface area contributed by atoms with Crippen molar-refractivity contribution in [3.05, 3.63) is 29.3 Å². The van der Waals surface area contributed by atoms with Crippen LogP contribution in [0.25, 0.3) is 0 Å². The Labute approximate surface area is 116 Å². The van der Waals surface area contributed by atoms with E-state index in [1.807, 2.05) is 6.21 Å². The number of benzene rings is 1. The van der Waals surface area contributed by atoms with Crippen molar-refractivity contribution in [2.45, 2.75) is 46.1 Å². The number of hydrogen-bond acceptors (Lipinski definition) is 2. The minimum atomic E-state index is 0.467. The molecule has 3 unspecified atom stereocenters. The molecule has 0 bridgehead atoms. The summed E-state index contributed by atoms with van der Waals surface area (Å²) < 4.78 is 5.47. The number of rotatable bonds is 3. The Kier molecular flexibility index (Phi) is 4.62. The van der Waals surface area contributed by atoms with Crippen LogP contribution >= 0.6 is 0 Å². The van der Waals surface area contributed by atoms with Crippen LogP contribution in [0.1, 0.15) is 44.2 Å². The summed E-state index contributed by atoms with van der Waals surface area (Å²) in [5, 5.41) is 0. The Bertz CT molecular complexity index is 453. The quantitative estimate of drug-likeness (QED) is 0.744. The van der Waals surface area contributed by atoms with Crippen LogP contribution in [0.3, 0.4) is 0 Å². The number of aryl methyl sites for hydroxylation is 1. The second-order valence-electron chi connectivity index (χ2n) is 5.81. The van der Waals surface area contributed by atoms with Crippen LogP contribution in [0.2, 0.25) is 0 Å². The van der Waals surface area contributed by atoms with Crippen LogP contribution in [0.4, 0.5) is 0 Å². The van der Waals surface area contributed by atoms with E-state index in [2.05, 4.69) is 39.0 Å². The van der Waals surface area contributed by atoms with E-state index in [4.69, 9.17) is 9.73 Å². The molecule has 0 aromatic heterocycles. The van der Waals surface area contributed by atoms with Crippen molar-refractivity contribution in [1.82, 2.24) is 0 Å². The molecule has 0 N–H and O–H groups in total. The molecule has 0 amide bonds. The molecule has 2 nitrogen and oxygen atoms in total. The summed E-state index contributed by atoms with van der Waals surface area (Å²) in [6, 6.07) is 6.67. The van der Waals surface area contributed by atoms with Crippen LogP contribution in [0.15, 0.2) is 23.2 Å². The van der Waals surface area contributed by atoms with E-state index in [1.165, 1.54) is 19.3 Å². The van der Waals surface area contributed by atoms with Crippen molar-refractivity contribution >= 4 is 6.21 Å². The Morgan fingerprint density at radius 3 is 2.79 bits per heavy atom. The maximum absolute atomic E-state index is 5.47. The zero-order chi connectivity index (χ0) is 13.8. The van der Waals surface area contributed by atoms with Crippen molar-refractivity contribution in [3.8, 4) is 5.75 Å². The Morgan fingerprint density at radius 1 is 1.26 bits per heavy atom. The van der Waals surface area contributed by atoms with Crippen molar-refractivity contribution in [3.63, 3.8) is 0 Å². The molecule has 2 rings (SSSR count). The fourth-order valence-electron chi connectivity index (χ4n) is 3.00. The van der Waals surface area contributed by atoms with Gasteiger partial charge in [0, 0.05) is 11.8 Å². The summed E-state index contributed by atoms with van der Waals surface area (Å²) >= 11 is 0. The highest BCUT2D eigenvalue weighted by Gasteiger charge is 2.26. The summed E-state index contributed by atoms with van der Waals surface area (Å²) in [5.41, 5.74) is 2.25. The van der Waals surface area contributed by atoms with Gasteiger partial charge in [-0.1, -0.05) is 38.8 Å². The molecule has 1 aliphatic rings. The van der Waals surface area contributed by atoms with Gasteiger partial charge in [-0.15, -0.1) is 0 Å². The molecule has 1 fully saturated rings. The van der Waals surface area contributed by atoms with E-state index < -0.39 is 0 Å². The lowest BCUT2D eigenvalue weighted by Gasteiger charge is -2.31. The largest absolute Gasteiger partial charge is 0.496 e. The summed E-state index contributed by atoms with van der Waals surface area (Å²) in [6.45, 7) is 6.75. The molecular weight excluding hydrogens is 234 g/mol. The van der Waals surface area contributed by atoms with Gasteiger partial charge in [-0.05, 0) is 36.8 Å². The topological polar surface area (TPSA) is 21.6 Å². The molecule has 0 saturated heterocycles. The molecule has 1 aromatic carbocycles. The first-order chi connectivity index (χ1) is 9.13. The number of nitrogens with zero attached hydrogens (tertiary/aromatic N) is 1. The highest BCUT2D eigenvalue weighted by Crippen LogP contribution is 2.31. The van der Waals surface area contributed by atoms with Gasteiger partial charge in [0.2, 0.25) is 0 Å². The van der Waals surface area contributed by atoms with Crippen molar-refractivity contribution < 1.29 is 4.74 Å². The van der Waals surface area contributed by atoms with Gasteiger partial charge in [0.05, 0.1) is 13.2 Å². The minimum Gasteiger partial charge on any atom is -0.496 e. The molecule has 19 heavy (non-hydrogen) atoms. The summed E-state index contributed by atoms with van der Waals surface area (Å²) in [4.78, 5) is 4.83. The SMILES string of the molecule is COc1c(C)cccc1C=NC1CCCC(C)C1C. The van der Waals surface area contributed by atoms with Crippen molar-refractivity contribution in [1.29, 1.82) is 0 Å². The Hall–Kier alpha value is -1.31. The molecule has 0 aliphatic heterocycles. The summed E-state index contributed by atoms with van der Waals surface area (Å²) in [7, 11) is 1.73. The molecule has 104 valence electrons. The fraction of sp³-hybridized carbons (Fsp3) is 0.588. The van der Waals surface area contributed by atoms with Gasteiger partial charge >= 0.3 is 0 Å². The van der Waals surface area contributed by atoms with Gasteiger partial charge in [-0.3, -0.25) is 4.99 Å². The molecule has 0 heterocycles. The normalized spacial score (nSPS) is 27.7. The first-order valence-corrected chi connectivity index (χ1v) is 7.30. The lowest BCUT2D eigenvalue weighted by Crippen LogP contribution is -2.27. The van der Waals surface area contributed by atoms with E-state index in [-0.39, 0.29) is 0 Å². The lowest BCUT2D eigenvalue weighted by atomic mass is 9.78. The zero-order valence-corrected chi connectivity index (χ0v) is 12.5.